The summed E-state index contributed by atoms with van der Waals surface area (Å²) < 4.78 is 0. The Morgan fingerprint density at radius 3 is 2.39 bits per heavy atom. The van der Waals surface area contributed by atoms with Crippen molar-refractivity contribution in [1.29, 1.82) is 0 Å². The lowest BCUT2D eigenvalue weighted by atomic mass is 9.95. The Labute approximate surface area is 187 Å². The van der Waals surface area contributed by atoms with Gasteiger partial charge in [0.05, 0.1) is 11.1 Å². The largest absolute Gasteiger partial charge is 0.313 e. The van der Waals surface area contributed by atoms with Crippen molar-refractivity contribution in [3.8, 4) is 0 Å². The predicted octanol–water partition coefficient (Wildman–Crippen LogP) is 4.00. The second-order valence-corrected chi connectivity index (χ2v) is 8.57. The summed E-state index contributed by atoms with van der Waals surface area (Å²) in [5.74, 6) is -1.27. The van der Waals surface area contributed by atoms with E-state index in [1.54, 1.807) is 42.6 Å². The number of hydrogen-bond donors (Lipinski definition) is 3. The van der Waals surface area contributed by atoms with E-state index in [1.807, 2.05) is 0 Å². The minimum absolute atomic E-state index is 0.342. The van der Waals surface area contributed by atoms with Crippen molar-refractivity contribution in [2.24, 2.45) is 0 Å². The Morgan fingerprint density at radius 2 is 1.65 bits per heavy atom. The molecule has 9 heteroatoms. The molecule has 1 aliphatic carbocycles. The molecular weight excluding hydrogens is 436 g/mol. The fraction of sp³-hybridized carbons (Fsp3) is 0.182. The SMILES string of the molecule is O=C(NNC(=O)c1c(NC(=O)c2cccnc2)sc2c1CCCC2)c1ccc(Cl)cc1. The average molecular weight is 455 g/mol. The van der Waals surface area contributed by atoms with Crippen molar-refractivity contribution in [2.45, 2.75) is 25.7 Å². The number of pyridine rings is 1. The van der Waals surface area contributed by atoms with Crippen LogP contribution in [0.5, 0.6) is 0 Å². The number of anilines is 1. The normalized spacial score (nSPS) is 12.5. The van der Waals surface area contributed by atoms with Crippen LogP contribution in [0.1, 0.15) is 54.4 Å². The number of carbonyl (C=O) groups excluding carboxylic acids is 3. The van der Waals surface area contributed by atoms with E-state index in [9.17, 15) is 14.4 Å². The summed E-state index contributed by atoms with van der Waals surface area (Å²) >= 11 is 7.25. The molecule has 3 aromatic rings. The second-order valence-electron chi connectivity index (χ2n) is 7.03. The third-order valence-corrected chi connectivity index (χ3v) is 6.40. The van der Waals surface area contributed by atoms with Crippen molar-refractivity contribution in [3.05, 3.63) is 80.9 Å². The number of amides is 3. The predicted molar refractivity (Wildman–Crippen MR) is 120 cm³/mol. The summed E-state index contributed by atoms with van der Waals surface area (Å²) in [6.45, 7) is 0. The van der Waals surface area contributed by atoms with E-state index in [-0.39, 0.29) is 5.91 Å². The van der Waals surface area contributed by atoms with Gasteiger partial charge in [-0.05, 0) is 67.6 Å². The highest BCUT2D eigenvalue weighted by molar-refractivity contribution is 7.17. The Hall–Kier alpha value is -3.23. The molecule has 7 nitrogen and oxygen atoms in total. The van der Waals surface area contributed by atoms with Crippen molar-refractivity contribution in [2.75, 3.05) is 5.32 Å². The maximum Gasteiger partial charge on any atom is 0.272 e. The summed E-state index contributed by atoms with van der Waals surface area (Å²) in [5, 5.41) is 3.83. The Morgan fingerprint density at radius 1 is 0.903 bits per heavy atom. The van der Waals surface area contributed by atoms with Crippen LogP contribution in [0.15, 0.2) is 48.8 Å². The Bertz CT molecular complexity index is 1130. The minimum atomic E-state index is -0.469. The number of hydrazine groups is 1. The van der Waals surface area contributed by atoms with Crippen LogP contribution >= 0.6 is 22.9 Å². The quantitative estimate of drug-likeness (QED) is 0.518. The topological polar surface area (TPSA) is 100 Å². The number of hydrogen-bond acceptors (Lipinski definition) is 5. The van der Waals surface area contributed by atoms with Gasteiger partial charge in [0.1, 0.15) is 5.00 Å². The molecule has 1 aliphatic rings. The van der Waals surface area contributed by atoms with Crippen LogP contribution in [-0.2, 0) is 12.8 Å². The molecule has 0 radical (unpaired) electrons. The summed E-state index contributed by atoms with van der Waals surface area (Å²) in [5.41, 5.74) is 6.98. The van der Waals surface area contributed by atoms with E-state index < -0.39 is 11.8 Å². The molecule has 158 valence electrons. The summed E-state index contributed by atoms with van der Waals surface area (Å²) in [4.78, 5) is 43.0. The van der Waals surface area contributed by atoms with Gasteiger partial charge < -0.3 is 5.32 Å². The molecule has 3 amide bonds. The third-order valence-electron chi connectivity index (χ3n) is 4.95. The molecule has 2 heterocycles. The van der Waals surface area contributed by atoms with E-state index in [0.717, 1.165) is 36.1 Å². The number of thiophene rings is 1. The summed E-state index contributed by atoms with van der Waals surface area (Å²) in [6, 6.07) is 9.65. The monoisotopic (exact) mass is 454 g/mol. The van der Waals surface area contributed by atoms with Crippen LogP contribution in [0.3, 0.4) is 0 Å². The maximum absolute atomic E-state index is 13.0. The second kappa shape index (κ2) is 9.28. The van der Waals surface area contributed by atoms with Gasteiger partial charge in [0.15, 0.2) is 0 Å². The highest BCUT2D eigenvalue weighted by Crippen LogP contribution is 2.38. The lowest BCUT2D eigenvalue weighted by Crippen LogP contribution is -2.42. The van der Waals surface area contributed by atoms with Gasteiger partial charge >= 0.3 is 0 Å². The number of halogens is 1. The van der Waals surface area contributed by atoms with Crippen molar-refractivity contribution in [3.63, 3.8) is 0 Å². The van der Waals surface area contributed by atoms with Crippen LogP contribution < -0.4 is 16.2 Å². The number of nitrogens with one attached hydrogen (secondary N) is 3. The molecule has 0 saturated heterocycles. The fourth-order valence-electron chi connectivity index (χ4n) is 3.42. The van der Waals surface area contributed by atoms with Crippen molar-refractivity contribution in [1.82, 2.24) is 15.8 Å². The van der Waals surface area contributed by atoms with Crippen LogP contribution in [0, 0.1) is 0 Å². The fourth-order valence-corrected chi connectivity index (χ4v) is 4.82. The van der Waals surface area contributed by atoms with E-state index in [4.69, 9.17) is 11.6 Å². The third kappa shape index (κ3) is 4.76. The standard InChI is InChI=1S/C22H19ClN4O3S/c23-15-9-7-13(8-10-15)20(29)26-27-21(30)18-16-5-1-2-6-17(16)31-22(18)25-19(28)14-4-3-11-24-12-14/h3-4,7-12H,1-2,5-6H2,(H,25,28)(H,26,29)(H,27,30). The van der Waals surface area contributed by atoms with E-state index in [1.165, 1.54) is 17.5 Å². The molecule has 1 aromatic carbocycles. The number of benzene rings is 1. The van der Waals surface area contributed by atoms with Gasteiger partial charge in [0.25, 0.3) is 17.7 Å². The molecule has 0 fully saturated rings. The Balaban J connectivity index is 1.54. The number of nitrogens with zero attached hydrogens (tertiary/aromatic N) is 1. The van der Waals surface area contributed by atoms with Crippen LogP contribution in [0.25, 0.3) is 0 Å². The first-order chi connectivity index (χ1) is 15.0. The van der Waals surface area contributed by atoms with Crippen LogP contribution in [-0.4, -0.2) is 22.7 Å². The zero-order valence-corrected chi connectivity index (χ0v) is 18.0. The first-order valence-corrected chi connectivity index (χ1v) is 10.9. The number of fused-ring (bicyclic) bond motifs is 1. The molecule has 0 unspecified atom stereocenters. The van der Waals surface area contributed by atoms with E-state index in [2.05, 4.69) is 21.2 Å². The van der Waals surface area contributed by atoms with Gasteiger partial charge in [0.2, 0.25) is 0 Å². The van der Waals surface area contributed by atoms with Crippen LogP contribution in [0.4, 0.5) is 5.00 Å². The van der Waals surface area contributed by atoms with Gasteiger partial charge in [-0.25, -0.2) is 0 Å². The van der Waals surface area contributed by atoms with Gasteiger partial charge in [-0.2, -0.15) is 0 Å². The molecule has 0 atom stereocenters. The highest BCUT2D eigenvalue weighted by atomic mass is 35.5. The first-order valence-electron chi connectivity index (χ1n) is 9.75. The Kier molecular flexibility index (Phi) is 6.29. The van der Waals surface area contributed by atoms with E-state index >= 15 is 0 Å². The smallest absolute Gasteiger partial charge is 0.272 e. The first kappa shape index (κ1) is 21.0. The number of rotatable bonds is 4. The van der Waals surface area contributed by atoms with E-state index in [0.29, 0.717) is 26.7 Å². The molecule has 0 aliphatic heterocycles. The number of carbonyl (C=O) groups is 3. The zero-order valence-electron chi connectivity index (χ0n) is 16.4. The summed E-state index contributed by atoms with van der Waals surface area (Å²) in [7, 11) is 0. The molecular formula is C22H19ClN4O3S. The molecule has 0 saturated carbocycles. The van der Waals surface area contributed by atoms with Gasteiger partial charge in [-0.1, -0.05) is 11.6 Å². The van der Waals surface area contributed by atoms with Crippen LogP contribution in [0.2, 0.25) is 5.02 Å². The van der Waals surface area contributed by atoms with Crippen molar-refractivity contribution < 1.29 is 14.4 Å². The van der Waals surface area contributed by atoms with Gasteiger partial charge in [-0.15, -0.1) is 11.3 Å². The van der Waals surface area contributed by atoms with Crippen molar-refractivity contribution >= 4 is 45.7 Å². The maximum atomic E-state index is 13.0. The molecule has 31 heavy (non-hydrogen) atoms. The average Bonchev–Trinajstić information content (AvgIpc) is 3.16. The molecule has 3 N–H and O–H groups in total. The minimum Gasteiger partial charge on any atom is -0.313 e. The van der Waals surface area contributed by atoms with Gasteiger partial charge in [-0.3, -0.25) is 30.2 Å². The number of aromatic nitrogens is 1. The van der Waals surface area contributed by atoms with Gasteiger partial charge in [0, 0.05) is 27.9 Å². The lowest BCUT2D eigenvalue weighted by Gasteiger charge is -2.14. The molecule has 4 rings (SSSR count). The highest BCUT2D eigenvalue weighted by Gasteiger charge is 2.27. The lowest BCUT2D eigenvalue weighted by molar-refractivity contribution is 0.0846. The zero-order chi connectivity index (χ0) is 21.8. The molecule has 0 spiro atoms. The molecule has 0 bridgehead atoms. The summed E-state index contributed by atoms with van der Waals surface area (Å²) in [6.07, 6.45) is 6.68. The molecule has 2 aromatic heterocycles. The number of aryl methyl sites for hydroxylation is 1.